The predicted octanol–water partition coefficient (Wildman–Crippen LogP) is 3.27. The highest BCUT2D eigenvalue weighted by atomic mass is 32.1. The third kappa shape index (κ3) is 3.12. The lowest BCUT2D eigenvalue weighted by atomic mass is 9.87. The van der Waals surface area contributed by atoms with E-state index >= 15 is 0 Å². The van der Waals surface area contributed by atoms with Gasteiger partial charge in [0.25, 0.3) is 0 Å². The number of rotatable bonds is 0. The van der Waals surface area contributed by atoms with E-state index in [4.69, 9.17) is 0 Å². The summed E-state index contributed by atoms with van der Waals surface area (Å²) >= 11 is 4.04. The molecule has 0 radical (unpaired) electrons. The van der Waals surface area contributed by atoms with Gasteiger partial charge in [0, 0.05) is 5.56 Å². The van der Waals surface area contributed by atoms with Crippen molar-refractivity contribution >= 4 is 12.6 Å². The molecule has 0 amide bonds. The van der Waals surface area contributed by atoms with E-state index in [-0.39, 0.29) is 5.41 Å². The highest BCUT2D eigenvalue weighted by molar-refractivity contribution is 7.80. The van der Waals surface area contributed by atoms with E-state index in [0.717, 1.165) is 5.56 Å². The lowest BCUT2D eigenvalue weighted by Gasteiger charge is -2.18. The molecule has 0 aliphatic rings. The Morgan fingerprint density at radius 3 is 2.14 bits per heavy atom. The van der Waals surface area contributed by atoms with Crippen molar-refractivity contribution in [3.8, 4) is 11.8 Å². The molecule has 1 rings (SSSR count). The third-order valence-electron chi connectivity index (χ3n) is 2.06. The summed E-state index contributed by atoms with van der Waals surface area (Å²) in [5, 5.41) is 0. The fourth-order valence-electron chi connectivity index (χ4n) is 1.20. The van der Waals surface area contributed by atoms with Crippen molar-refractivity contribution in [1.82, 2.24) is 0 Å². The van der Waals surface area contributed by atoms with Crippen molar-refractivity contribution in [3.05, 3.63) is 35.4 Å². The average molecular weight is 204 g/mol. The second kappa shape index (κ2) is 4.57. The van der Waals surface area contributed by atoms with Gasteiger partial charge in [-0.15, -0.1) is 0 Å². The monoisotopic (exact) mass is 204 g/mol. The van der Waals surface area contributed by atoms with Crippen LogP contribution in [0.15, 0.2) is 24.3 Å². The van der Waals surface area contributed by atoms with Gasteiger partial charge < -0.3 is 0 Å². The molecule has 0 N–H and O–H groups in total. The van der Waals surface area contributed by atoms with Crippen molar-refractivity contribution in [2.75, 3.05) is 5.75 Å². The first-order valence-corrected chi connectivity index (χ1v) is 5.37. The maximum absolute atomic E-state index is 4.04. The SMILES string of the molecule is CC(C)(C)c1ccc(C#CCS)cc1. The fraction of sp³-hybridized carbons (Fsp3) is 0.385. The Kier molecular flexibility index (Phi) is 3.66. The Bertz CT molecular complexity index is 344. The maximum atomic E-state index is 4.04. The molecule has 0 spiro atoms. The van der Waals surface area contributed by atoms with Crippen molar-refractivity contribution in [1.29, 1.82) is 0 Å². The van der Waals surface area contributed by atoms with Crippen LogP contribution in [0.4, 0.5) is 0 Å². The van der Waals surface area contributed by atoms with Crippen molar-refractivity contribution in [3.63, 3.8) is 0 Å². The molecule has 1 heteroatoms. The van der Waals surface area contributed by atoms with Crippen LogP contribution in [0.25, 0.3) is 0 Å². The molecule has 0 unspecified atom stereocenters. The minimum atomic E-state index is 0.218. The van der Waals surface area contributed by atoms with Crippen LogP contribution in [0.1, 0.15) is 31.9 Å². The van der Waals surface area contributed by atoms with Crippen LogP contribution in [-0.2, 0) is 5.41 Å². The van der Waals surface area contributed by atoms with Gasteiger partial charge in [-0.05, 0) is 23.1 Å². The van der Waals surface area contributed by atoms with Crippen molar-refractivity contribution in [2.24, 2.45) is 0 Å². The van der Waals surface area contributed by atoms with Gasteiger partial charge in [0.1, 0.15) is 0 Å². The van der Waals surface area contributed by atoms with Gasteiger partial charge in [-0.1, -0.05) is 44.7 Å². The molecule has 0 aromatic heterocycles. The molecular formula is C13H16S. The molecule has 74 valence electrons. The zero-order valence-corrected chi connectivity index (χ0v) is 9.86. The molecule has 0 saturated carbocycles. The van der Waals surface area contributed by atoms with E-state index < -0.39 is 0 Å². The maximum Gasteiger partial charge on any atom is 0.0521 e. The van der Waals surface area contributed by atoms with E-state index in [0.29, 0.717) is 5.75 Å². The summed E-state index contributed by atoms with van der Waals surface area (Å²) in [4.78, 5) is 0. The molecule has 0 bridgehead atoms. The first-order valence-electron chi connectivity index (χ1n) is 4.74. The lowest BCUT2D eigenvalue weighted by molar-refractivity contribution is 0.590. The van der Waals surface area contributed by atoms with Gasteiger partial charge in [-0.2, -0.15) is 12.6 Å². The van der Waals surface area contributed by atoms with Gasteiger partial charge >= 0.3 is 0 Å². The summed E-state index contributed by atoms with van der Waals surface area (Å²) in [6.07, 6.45) is 0. The molecule has 14 heavy (non-hydrogen) atoms. The van der Waals surface area contributed by atoms with E-state index in [1.165, 1.54) is 5.56 Å². The van der Waals surface area contributed by atoms with Gasteiger partial charge in [-0.25, -0.2) is 0 Å². The zero-order chi connectivity index (χ0) is 10.6. The molecule has 1 aromatic rings. The van der Waals surface area contributed by atoms with Crippen molar-refractivity contribution < 1.29 is 0 Å². The molecule has 0 aliphatic heterocycles. The predicted molar refractivity (Wildman–Crippen MR) is 65.9 cm³/mol. The van der Waals surface area contributed by atoms with Crippen LogP contribution in [0.2, 0.25) is 0 Å². The number of hydrogen-bond acceptors (Lipinski definition) is 1. The standard InChI is InChI=1S/C13H16S/c1-13(2,3)12-8-6-11(7-9-12)5-4-10-14/h6-9,14H,10H2,1-3H3. The summed E-state index contributed by atoms with van der Waals surface area (Å²) in [5.41, 5.74) is 2.62. The number of benzene rings is 1. The largest absolute Gasteiger partial charge is 0.166 e. The molecule has 0 aliphatic carbocycles. The number of hydrogen-bond donors (Lipinski definition) is 1. The van der Waals surface area contributed by atoms with E-state index in [1.807, 2.05) is 0 Å². The van der Waals surface area contributed by atoms with Gasteiger partial charge in [-0.3, -0.25) is 0 Å². The summed E-state index contributed by atoms with van der Waals surface area (Å²) in [5.74, 6) is 6.60. The van der Waals surface area contributed by atoms with Gasteiger partial charge in [0.2, 0.25) is 0 Å². The molecule has 1 aromatic carbocycles. The third-order valence-corrected chi connectivity index (χ3v) is 2.22. The second-order valence-electron chi connectivity index (χ2n) is 4.29. The molecule has 0 nitrogen and oxygen atoms in total. The minimum absolute atomic E-state index is 0.218. The molecule has 0 fully saturated rings. The van der Waals surface area contributed by atoms with Crippen LogP contribution in [0.3, 0.4) is 0 Å². The molecule has 0 heterocycles. The average Bonchev–Trinajstić information content (AvgIpc) is 2.14. The Morgan fingerprint density at radius 1 is 1.14 bits per heavy atom. The zero-order valence-electron chi connectivity index (χ0n) is 8.96. The lowest BCUT2D eigenvalue weighted by Crippen LogP contribution is -2.10. The highest BCUT2D eigenvalue weighted by Crippen LogP contribution is 2.21. The fourth-order valence-corrected chi connectivity index (χ4v) is 1.27. The highest BCUT2D eigenvalue weighted by Gasteiger charge is 2.12. The van der Waals surface area contributed by atoms with E-state index in [9.17, 15) is 0 Å². The Hall–Kier alpha value is -0.870. The summed E-state index contributed by atoms with van der Waals surface area (Å²) in [7, 11) is 0. The van der Waals surface area contributed by atoms with Gasteiger partial charge in [0.05, 0.1) is 5.75 Å². The van der Waals surface area contributed by atoms with Crippen LogP contribution in [0.5, 0.6) is 0 Å². The second-order valence-corrected chi connectivity index (χ2v) is 4.60. The first-order chi connectivity index (χ1) is 6.54. The summed E-state index contributed by atoms with van der Waals surface area (Å²) in [6, 6.07) is 8.42. The minimum Gasteiger partial charge on any atom is -0.166 e. The Balaban J connectivity index is 2.89. The van der Waals surface area contributed by atoms with Crippen molar-refractivity contribution in [2.45, 2.75) is 26.2 Å². The summed E-state index contributed by atoms with van der Waals surface area (Å²) in [6.45, 7) is 6.63. The van der Waals surface area contributed by atoms with Crippen LogP contribution in [-0.4, -0.2) is 5.75 Å². The molecule has 0 atom stereocenters. The van der Waals surface area contributed by atoms with Crippen LogP contribution < -0.4 is 0 Å². The van der Waals surface area contributed by atoms with Crippen LogP contribution >= 0.6 is 12.6 Å². The normalized spacial score (nSPS) is 10.6. The van der Waals surface area contributed by atoms with Gasteiger partial charge in [0.15, 0.2) is 0 Å². The quantitative estimate of drug-likeness (QED) is 0.486. The smallest absolute Gasteiger partial charge is 0.0521 e. The van der Waals surface area contributed by atoms with E-state index in [2.05, 4.69) is 69.5 Å². The summed E-state index contributed by atoms with van der Waals surface area (Å²) < 4.78 is 0. The molecular weight excluding hydrogens is 188 g/mol. The van der Waals surface area contributed by atoms with Crippen LogP contribution in [0, 0.1) is 11.8 Å². The van der Waals surface area contributed by atoms with E-state index in [1.54, 1.807) is 0 Å². The number of thiol groups is 1. The molecule has 0 saturated heterocycles. The first kappa shape index (κ1) is 11.2. The Morgan fingerprint density at radius 2 is 1.71 bits per heavy atom. The Labute approximate surface area is 92.1 Å². The topological polar surface area (TPSA) is 0 Å².